The minimum absolute atomic E-state index is 0.0612. The van der Waals surface area contributed by atoms with Crippen molar-refractivity contribution in [3.63, 3.8) is 0 Å². The molecule has 0 aromatic heterocycles. The maximum absolute atomic E-state index is 12.2. The number of hydrogen-bond donors (Lipinski definition) is 1. The fourth-order valence-corrected chi connectivity index (χ4v) is 2.44. The van der Waals surface area contributed by atoms with Gasteiger partial charge in [0.1, 0.15) is 0 Å². The number of carbonyl (C=O) groups excluding carboxylic acids is 1. The highest BCUT2D eigenvalue weighted by Gasteiger charge is 2.24. The fourth-order valence-electron chi connectivity index (χ4n) is 2.03. The number of likely N-dealkylation sites (N-methyl/N-ethyl adjacent to an activating group) is 1. The molecule has 1 aliphatic heterocycles. The van der Waals surface area contributed by atoms with Crippen molar-refractivity contribution in [2.75, 3.05) is 32.9 Å². The predicted octanol–water partition coefficient (Wildman–Crippen LogP) is 1.49. The van der Waals surface area contributed by atoms with Gasteiger partial charge in [0.2, 0.25) is 0 Å². The molecule has 1 aromatic carbocycles. The second kappa shape index (κ2) is 5.67. The number of nitrogens with zero attached hydrogens (tertiary/aromatic N) is 1. The first-order valence-corrected chi connectivity index (χ1v) is 7.03. The van der Waals surface area contributed by atoms with Crippen molar-refractivity contribution in [1.82, 2.24) is 10.2 Å². The summed E-state index contributed by atoms with van der Waals surface area (Å²) in [5.74, 6) is 0.198. The van der Waals surface area contributed by atoms with E-state index in [1.54, 1.807) is 11.8 Å². The van der Waals surface area contributed by atoms with Gasteiger partial charge in [-0.15, -0.1) is 11.8 Å². The predicted molar refractivity (Wildman–Crippen MR) is 71.8 cm³/mol. The fraction of sp³-hybridized carbons (Fsp3) is 0.462. The molecule has 17 heavy (non-hydrogen) atoms. The second-order valence-corrected chi connectivity index (χ2v) is 5.24. The number of piperazine rings is 1. The third-order valence-corrected chi connectivity index (χ3v) is 3.81. The lowest BCUT2D eigenvalue weighted by Gasteiger charge is -2.29. The zero-order chi connectivity index (χ0) is 12.3. The molecule has 0 bridgehead atoms. The molecular weight excluding hydrogens is 232 g/mol. The monoisotopic (exact) mass is 250 g/mol. The number of ketones is 1. The first-order valence-electron chi connectivity index (χ1n) is 5.81. The Bertz CT molecular complexity index is 391. The van der Waals surface area contributed by atoms with Crippen molar-refractivity contribution in [3.8, 4) is 0 Å². The highest BCUT2D eigenvalue weighted by molar-refractivity contribution is 7.98. The van der Waals surface area contributed by atoms with Crippen molar-refractivity contribution in [2.45, 2.75) is 10.9 Å². The largest absolute Gasteiger partial charge is 0.305 e. The summed E-state index contributed by atoms with van der Waals surface area (Å²) in [6, 6.07) is 7.79. The Morgan fingerprint density at radius 2 is 2.12 bits per heavy atom. The van der Waals surface area contributed by atoms with E-state index in [1.807, 2.05) is 30.5 Å². The Morgan fingerprint density at radius 3 is 2.71 bits per heavy atom. The molecule has 4 heteroatoms. The lowest BCUT2D eigenvalue weighted by Crippen LogP contribution is -2.52. The maximum atomic E-state index is 12.2. The molecule has 1 aromatic rings. The van der Waals surface area contributed by atoms with Crippen molar-refractivity contribution in [1.29, 1.82) is 0 Å². The van der Waals surface area contributed by atoms with E-state index in [0.717, 1.165) is 25.2 Å². The molecule has 0 amide bonds. The van der Waals surface area contributed by atoms with Crippen molar-refractivity contribution < 1.29 is 4.79 Å². The van der Waals surface area contributed by atoms with Crippen LogP contribution in [0.1, 0.15) is 10.4 Å². The Morgan fingerprint density at radius 1 is 1.41 bits per heavy atom. The first kappa shape index (κ1) is 12.6. The van der Waals surface area contributed by atoms with Crippen LogP contribution in [0.5, 0.6) is 0 Å². The number of benzene rings is 1. The van der Waals surface area contributed by atoms with Gasteiger partial charge >= 0.3 is 0 Å². The van der Waals surface area contributed by atoms with Crippen molar-refractivity contribution in [2.24, 2.45) is 0 Å². The molecule has 92 valence electrons. The normalized spacial score (nSPS) is 21.4. The zero-order valence-electron chi connectivity index (χ0n) is 10.3. The Hall–Kier alpha value is -0.840. The van der Waals surface area contributed by atoms with Crippen LogP contribution >= 0.6 is 11.8 Å². The summed E-state index contributed by atoms with van der Waals surface area (Å²) in [7, 11) is 2.05. The standard InChI is InChI=1S/C13H18N2OS/c1-15-8-7-14-12(9-15)13(16)10-3-5-11(17-2)6-4-10/h3-6,12,14H,7-9H2,1-2H3. The molecule has 0 saturated carbocycles. The molecular formula is C13H18N2OS. The molecule has 1 saturated heterocycles. The number of rotatable bonds is 3. The van der Waals surface area contributed by atoms with E-state index in [1.165, 1.54) is 4.90 Å². The van der Waals surface area contributed by atoms with Crippen LogP contribution in [0.4, 0.5) is 0 Å². The lowest BCUT2D eigenvalue weighted by molar-refractivity contribution is 0.0894. The molecule has 0 spiro atoms. The quantitative estimate of drug-likeness (QED) is 0.651. The molecule has 3 nitrogen and oxygen atoms in total. The van der Waals surface area contributed by atoms with Gasteiger partial charge in [-0.25, -0.2) is 0 Å². The first-order chi connectivity index (χ1) is 8.20. The minimum Gasteiger partial charge on any atom is -0.305 e. The minimum atomic E-state index is -0.0612. The zero-order valence-corrected chi connectivity index (χ0v) is 11.1. The summed E-state index contributed by atoms with van der Waals surface area (Å²) in [6.07, 6.45) is 2.04. The number of nitrogens with one attached hydrogen (secondary N) is 1. The van der Waals surface area contributed by atoms with Gasteiger partial charge in [-0.2, -0.15) is 0 Å². The van der Waals surface area contributed by atoms with Gasteiger partial charge in [-0.1, -0.05) is 12.1 Å². The smallest absolute Gasteiger partial charge is 0.181 e. The Balaban J connectivity index is 2.07. The molecule has 1 N–H and O–H groups in total. The number of thioether (sulfide) groups is 1. The van der Waals surface area contributed by atoms with Gasteiger partial charge in [0.15, 0.2) is 5.78 Å². The number of hydrogen-bond acceptors (Lipinski definition) is 4. The van der Waals surface area contributed by atoms with Crippen molar-refractivity contribution >= 4 is 17.5 Å². The molecule has 1 unspecified atom stereocenters. The summed E-state index contributed by atoms with van der Waals surface area (Å²) < 4.78 is 0. The Labute approximate surface area is 107 Å². The Kier molecular flexibility index (Phi) is 4.20. The second-order valence-electron chi connectivity index (χ2n) is 4.36. The van der Waals surface area contributed by atoms with E-state index in [9.17, 15) is 4.79 Å². The average molecular weight is 250 g/mol. The van der Waals surface area contributed by atoms with Gasteiger partial charge in [-0.3, -0.25) is 4.79 Å². The van der Waals surface area contributed by atoms with Crippen LogP contribution in [0.2, 0.25) is 0 Å². The highest BCUT2D eigenvalue weighted by Crippen LogP contribution is 2.16. The molecule has 1 aliphatic rings. The molecule has 1 atom stereocenters. The van der Waals surface area contributed by atoms with Crippen LogP contribution in [0.25, 0.3) is 0 Å². The van der Waals surface area contributed by atoms with Crippen LogP contribution in [0, 0.1) is 0 Å². The van der Waals surface area contributed by atoms with Crippen molar-refractivity contribution in [3.05, 3.63) is 29.8 Å². The summed E-state index contributed by atoms with van der Waals surface area (Å²) in [6.45, 7) is 2.69. The van der Waals surface area contributed by atoms with Gasteiger partial charge in [-0.05, 0) is 25.4 Å². The SMILES string of the molecule is CSc1ccc(C(=O)C2CN(C)CCN2)cc1. The maximum Gasteiger partial charge on any atom is 0.181 e. The molecule has 0 radical (unpaired) electrons. The molecule has 2 rings (SSSR count). The van der Waals surface area contributed by atoms with Crippen LogP contribution < -0.4 is 5.32 Å². The molecule has 1 fully saturated rings. The molecule has 0 aliphatic carbocycles. The summed E-state index contributed by atoms with van der Waals surface area (Å²) in [4.78, 5) is 15.6. The highest BCUT2D eigenvalue weighted by atomic mass is 32.2. The van der Waals surface area contributed by atoms with Crippen LogP contribution in [-0.4, -0.2) is 49.7 Å². The van der Waals surface area contributed by atoms with E-state index in [2.05, 4.69) is 17.3 Å². The van der Waals surface area contributed by atoms with Gasteiger partial charge in [0, 0.05) is 30.1 Å². The third kappa shape index (κ3) is 3.09. The number of carbonyl (C=O) groups is 1. The summed E-state index contributed by atoms with van der Waals surface area (Å²) >= 11 is 1.69. The lowest BCUT2D eigenvalue weighted by atomic mass is 10.0. The van der Waals surface area contributed by atoms with E-state index < -0.39 is 0 Å². The van der Waals surface area contributed by atoms with E-state index in [-0.39, 0.29) is 11.8 Å². The summed E-state index contributed by atoms with van der Waals surface area (Å²) in [5, 5.41) is 3.28. The van der Waals surface area contributed by atoms with Crippen LogP contribution in [0.3, 0.4) is 0 Å². The third-order valence-electron chi connectivity index (χ3n) is 3.07. The topological polar surface area (TPSA) is 32.3 Å². The summed E-state index contributed by atoms with van der Waals surface area (Å²) in [5.41, 5.74) is 0.801. The van der Waals surface area contributed by atoms with Crippen LogP contribution in [0.15, 0.2) is 29.2 Å². The van der Waals surface area contributed by atoms with Crippen LogP contribution in [-0.2, 0) is 0 Å². The van der Waals surface area contributed by atoms with E-state index >= 15 is 0 Å². The van der Waals surface area contributed by atoms with Gasteiger partial charge in [0.05, 0.1) is 6.04 Å². The van der Waals surface area contributed by atoms with E-state index in [4.69, 9.17) is 0 Å². The van der Waals surface area contributed by atoms with Gasteiger partial charge < -0.3 is 10.2 Å². The van der Waals surface area contributed by atoms with E-state index in [0.29, 0.717) is 0 Å². The average Bonchev–Trinajstić information content (AvgIpc) is 2.38. The molecule has 1 heterocycles. The number of Topliss-reactive ketones (excluding diaryl/α,β-unsaturated/α-hetero) is 1. The van der Waals surface area contributed by atoms with Gasteiger partial charge in [0.25, 0.3) is 0 Å².